The third-order valence-electron chi connectivity index (χ3n) is 4.20. The number of hydrogen-bond donors (Lipinski definition) is 0. The van der Waals surface area contributed by atoms with Crippen LogP contribution in [0.1, 0.15) is 31.2 Å². The molecule has 1 amide bonds. The number of thioether (sulfide) groups is 1. The van der Waals surface area contributed by atoms with Crippen molar-refractivity contribution in [2.45, 2.75) is 44.0 Å². The molecule has 1 unspecified atom stereocenters. The van der Waals surface area contributed by atoms with Crippen LogP contribution in [-0.4, -0.2) is 43.9 Å². The van der Waals surface area contributed by atoms with E-state index in [9.17, 15) is 4.79 Å². The van der Waals surface area contributed by atoms with Crippen molar-refractivity contribution in [2.24, 2.45) is 0 Å². The zero-order valence-corrected chi connectivity index (χ0v) is 14.6. The van der Waals surface area contributed by atoms with E-state index in [0.29, 0.717) is 0 Å². The molecule has 5 nitrogen and oxygen atoms in total. The number of hydrogen-bond acceptors (Lipinski definition) is 4. The fourth-order valence-electron chi connectivity index (χ4n) is 2.91. The molecule has 122 valence electrons. The van der Waals surface area contributed by atoms with Gasteiger partial charge in [0.1, 0.15) is 5.82 Å². The fraction of sp³-hybridized carbons (Fsp3) is 0.471. The number of benzene rings is 1. The molecule has 1 aliphatic heterocycles. The summed E-state index contributed by atoms with van der Waals surface area (Å²) in [6.45, 7) is 7.73. The highest BCUT2D eigenvalue weighted by Crippen LogP contribution is 2.28. The largest absolute Gasteiger partial charge is 0.342 e. The van der Waals surface area contributed by atoms with Crippen LogP contribution >= 0.6 is 11.8 Å². The van der Waals surface area contributed by atoms with Gasteiger partial charge in [0.2, 0.25) is 5.91 Å². The molecule has 23 heavy (non-hydrogen) atoms. The van der Waals surface area contributed by atoms with Gasteiger partial charge < -0.3 is 4.90 Å². The number of para-hydroxylation sites is 1. The lowest BCUT2D eigenvalue weighted by atomic mass is 10.2. The highest BCUT2D eigenvalue weighted by atomic mass is 32.2. The molecule has 0 N–H and O–H groups in total. The van der Waals surface area contributed by atoms with Crippen molar-refractivity contribution in [1.82, 2.24) is 19.7 Å². The van der Waals surface area contributed by atoms with Crippen LogP contribution < -0.4 is 0 Å². The van der Waals surface area contributed by atoms with Gasteiger partial charge in [-0.15, -0.1) is 10.2 Å². The highest BCUT2D eigenvalue weighted by Gasteiger charge is 2.26. The quantitative estimate of drug-likeness (QED) is 0.809. The average Bonchev–Trinajstić information content (AvgIpc) is 3.18. The molecular formula is C17H22N4OS. The first-order chi connectivity index (χ1) is 11.1. The van der Waals surface area contributed by atoms with E-state index in [1.54, 1.807) is 0 Å². The molecule has 0 aliphatic carbocycles. The lowest BCUT2D eigenvalue weighted by Gasteiger charge is -2.20. The summed E-state index contributed by atoms with van der Waals surface area (Å²) in [4.78, 5) is 14.5. The Bertz CT molecular complexity index is 706. The molecule has 1 aliphatic rings. The Labute approximate surface area is 141 Å². The van der Waals surface area contributed by atoms with Crippen molar-refractivity contribution in [3.63, 3.8) is 0 Å². The van der Waals surface area contributed by atoms with E-state index in [2.05, 4.69) is 29.3 Å². The van der Waals surface area contributed by atoms with E-state index in [0.717, 1.165) is 48.2 Å². The second kappa shape index (κ2) is 6.74. The topological polar surface area (TPSA) is 51.0 Å². The van der Waals surface area contributed by atoms with Crippen molar-refractivity contribution < 1.29 is 4.79 Å². The summed E-state index contributed by atoms with van der Waals surface area (Å²) >= 11 is 1.49. The molecular weight excluding hydrogens is 308 g/mol. The Balaban J connectivity index is 1.84. The Morgan fingerprint density at radius 2 is 1.87 bits per heavy atom. The zero-order chi connectivity index (χ0) is 16.4. The first-order valence-electron chi connectivity index (χ1n) is 8.01. The number of amides is 1. The minimum atomic E-state index is -0.153. The number of nitrogens with zero attached hydrogens (tertiary/aromatic N) is 4. The maximum absolute atomic E-state index is 12.5. The maximum Gasteiger partial charge on any atom is 0.235 e. The normalized spacial score (nSPS) is 15.9. The summed E-state index contributed by atoms with van der Waals surface area (Å²) in [5, 5.41) is 9.12. The van der Waals surface area contributed by atoms with E-state index >= 15 is 0 Å². The fourth-order valence-corrected chi connectivity index (χ4v) is 3.90. The van der Waals surface area contributed by atoms with Gasteiger partial charge in [0.15, 0.2) is 5.16 Å². The Morgan fingerprint density at radius 3 is 2.57 bits per heavy atom. The molecule has 1 saturated heterocycles. The third kappa shape index (κ3) is 3.27. The minimum Gasteiger partial charge on any atom is -0.342 e. The third-order valence-corrected chi connectivity index (χ3v) is 5.23. The van der Waals surface area contributed by atoms with E-state index in [1.165, 1.54) is 11.8 Å². The van der Waals surface area contributed by atoms with Gasteiger partial charge in [-0.05, 0) is 45.2 Å². The number of carbonyl (C=O) groups excluding carboxylic acids is 1. The second-order valence-corrected chi connectivity index (χ2v) is 7.25. The van der Waals surface area contributed by atoms with Gasteiger partial charge in [-0.2, -0.15) is 0 Å². The summed E-state index contributed by atoms with van der Waals surface area (Å²) in [5.41, 5.74) is 2.23. The summed E-state index contributed by atoms with van der Waals surface area (Å²) in [6, 6.07) is 8.16. The van der Waals surface area contributed by atoms with Crippen molar-refractivity contribution in [1.29, 1.82) is 0 Å². The van der Waals surface area contributed by atoms with Gasteiger partial charge >= 0.3 is 0 Å². The van der Waals surface area contributed by atoms with Crippen molar-refractivity contribution >= 4 is 17.7 Å². The van der Waals surface area contributed by atoms with Gasteiger partial charge in [0.05, 0.1) is 10.9 Å². The molecule has 0 saturated carbocycles. The molecule has 0 spiro atoms. The molecule has 0 bridgehead atoms. The molecule has 1 fully saturated rings. The van der Waals surface area contributed by atoms with Gasteiger partial charge in [-0.25, -0.2) is 0 Å². The second-order valence-electron chi connectivity index (χ2n) is 5.94. The maximum atomic E-state index is 12.5. The molecule has 0 radical (unpaired) electrons. The lowest BCUT2D eigenvalue weighted by molar-refractivity contribution is -0.129. The number of rotatable bonds is 4. The van der Waals surface area contributed by atoms with Crippen molar-refractivity contribution in [3.05, 3.63) is 35.7 Å². The standard InChI is InChI=1S/C17H22N4OS/c1-12-8-4-5-9-15(12)21-14(3)18-19-17(21)23-13(2)16(22)20-10-6-7-11-20/h4-5,8-9,13H,6-7,10-11H2,1-3H3. The summed E-state index contributed by atoms with van der Waals surface area (Å²) < 4.78 is 2.04. The molecule has 6 heteroatoms. The molecule has 1 aromatic heterocycles. The Kier molecular flexibility index (Phi) is 4.71. The van der Waals surface area contributed by atoms with Crippen LogP contribution in [-0.2, 0) is 4.79 Å². The number of aryl methyl sites for hydroxylation is 2. The van der Waals surface area contributed by atoms with Gasteiger partial charge in [-0.1, -0.05) is 30.0 Å². The van der Waals surface area contributed by atoms with Gasteiger partial charge in [0, 0.05) is 13.1 Å². The van der Waals surface area contributed by atoms with E-state index in [4.69, 9.17) is 0 Å². The SMILES string of the molecule is Cc1ccccc1-n1c(C)nnc1SC(C)C(=O)N1CCCC1. The predicted octanol–water partition coefficient (Wildman–Crippen LogP) is 2.99. The minimum absolute atomic E-state index is 0.153. The highest BCUT2D eigenvalue weighted by molar-refractivity contribution is 8.00. The van der Waals surface area contributed by atoms with Crippen LogP contribution in [0.3, 0.4) is 0 Å². The first-order valence-corrected chi connectivity index (χ1v) is 8.89. The van der Waals surface area contributed by atoms with Crippen LogP contribution in [0.4, 0.5) is 0 Å². The van der Waals surface area contributed by atoms with Gasteiger partial charge in [0.25, 0.3) is 0 Å². The molecule has 2 aromatic rings. The Hall–Kier alpha value is -1.82. The predicted molar refractivity (Wildman–Crippen MR) is 92.0 cm³/mol. The summed E-state index contributed by atoms with van der Waals surface area (Å²) in [6.07, 6.45) is 2.23. The molecule has 2 heterocycles. The van der Waals surface area contributed by atoms with Crippen LogP contribution in [0.15, 0.2) is 29.4 Å². The summed E-state index contributed by atoms with van der Waals surface area (Å²) in [5.74, 6) is 1.03. The molecule has 1 aromatic carbocycles. The van der Waals surface area contributed by atoms with Crippen molar-refractivity contribution in [3.8, 4) is 5.69 Å². The van der Waals surface area contributed by atoms with E-state index in [1.807, 2.05) is 35.4 Å². The number of likely N-dealkylation sites (tertiary alicyclic amines) is 1. The van der Waals surface area contributed by atoms with Crippen LogP contribution in [0.5, 0.6) is 0 Å². The smallest absolute Gasteiger partial charge is 0.235 e. The van der Waals surface area contributed by atoms with Crippen molar-refractivity contribution in [2.75, 3.05) is 13.1 Å². The number of aromatic nitrogens is 3. The van der Waals surface area contributed by atoms with Crippen LogP contribution in [0.25, 0.3) is 5.69 Å². The van der Waals surface area contributed by atoms with E-state index < -0.39 is 0 Å². The van der Waals surface area contributed by atoms with Gasteiger partial charge in [-0.3, -0.25) is 9.36 Å². The van der Waals surface area contributed by atoms with Crippen LogP contribution in [0, 0.1) is 13.8 Å². The lowest BCUT2D eigenvalue weighted by Crippen LogP contribution is -2.34. The first kappa shape index (κ1) is 16.1. The van der Waals surface area contributed by atoms with Crippen LogP contribution in [0.2, 0.25) is 0 Å². The number of carbonyl (C=O) groups is 1. The molecule has 1 atom stereocenters. The zero-order valence-electron chi connectivity index (χ0n) is 13.8. The monoisotopic (exact) mass is 330 g/mol. The Morgan fingerprint density at radius 1 is 1.17 bits per heavy atom. The summed E-state index contributed by atoms with van der Waals surface area (Å²) in [7, 11) is 0. The average molecular weight is 330 g/mol. The van der Waals surface area contributed by atoms with E-state index in [-0.39, 0.29) is 11.2 Å². The molecule has 3 rings (SSSR count).